The van der Waals surface area contributed by atoms with Gasteiger partial charge in [-0.25, -0.2) is 14.4 Å². The van der Waals surface area contributed by atoms with Crippen molar-refractivity contribution < 1.29 is 14.3 Å². The molecule has 5 aromatic rings. The quantitative estimate of drug-likeness (QED) is 0.147. The number of fused-ring (bicyclic) bond motifs is 3. The molecule has 0 N–H and O–H groups in total. The lowest BCUT2D eigenvalue weighted by molar-refractivity contribution is -0.136. The Bertz CT molecular complexity index is 2170. The van der Waals surface area contributed by atoms with Gasteiger partial charge in [0.25, 0.3) is 5.56 Å². The van der Waals surface area contributed by atoms with Gasteiger partial charge in [0.1, 0.15) is 4.66 Å². The van der Waals surface area contributed by atoms with Gasteiger partial charge in [0.2, 0.25) is 0 Å². The van der Waals surface area contributed by atoms with Crippen molar-refractivity contribution in [2.75, 3.05) is 13.2 Å². The average Bonchev–Trinajstić information content (AvgIpc) is 3.35. The van der Waals surface area contributed by atoms with Crippen LogP contribution < -0.4 is 14.8 Å². The third-order valence-corrected chi connectivity index (χ3v) is 8.47. The number of carbonyl (C=O) groups is 1. The lowest BCUT2D eigenvalue weighted by atomic mass is 9.81. The van der Waals surface area contributed by atoms with Crippen LogP contribution in [0, 0.1) is 11.3 Å². The Morgan fingerprint density at radius 2 is 1.63 bits per heavy atom. The van der Waals surface area contributed by atoms with Gasteiger partial charge < -0.3 is 9.47 Å². The Morgan fingerprint density at radius 3 is 2.35 bits per heavy atom. The Labute approximate surface area is 251 Å². The van der Waals surface area contributed by atoms with Crippen LogP contribution in [0.1, 0.15) is 30.9 Å². The van der Waals surface area contributed by atoms with Crippen molar-refractivity contribution in [3.05, 3.63) is 121 Å². The molecule has 0 bridgehead atoms. The van der Waals surface area contributed by atoms with Gasteiger partial charge in [0, 0.05) is 0 Å². The summed E-state index contributed by atoms with van der Waals surface area (Å²) in [5.74, 6) is -1.30. The Kier molecular flexibility index (Phi) is 7.73. The smallest absolute Gasteiger partial charge is 0.338 e. The fraction of sp³-hybridized carbons (Fsp3) is 0.143. The highest BCUT2D eigenvalue weighted by Crippen LogP contribution is 2.41. The topological polar surface area (TPSA) is 93.7 Å². The van der Waals surface area contributed by atoms with Gasteiger partial charge >= 0.3 is 5.97 Å². The highest BCUT2D eigenvalue weighted by atomic mass is 32.1. The zero-order valence-corrected chi connectivity index (χ0v) is 24.4. The molecule has 4 aromatic carbocycles. The van der Waals surface area contributed by atoms with Crippen molar-refractivity contribution in [2.24, 2.45) is 4.99 Å². The number of ether oxygens (including phenoxy) is 2. The molecule has 1 aromatic heterocycles. The molecule has 1 aliphatic heterocycles. The lowest BCUT2D eigenvalue weighted by Crippen LogP contribution is -2.37. The zero-order chi connectivity index (χ0) is 29.9. The molecule has 6 rings (SSSR count). The predicted molar refractivity (Wildman–Crippen MR) is 171 cm³/mol. The van der Waals surface area contributed by atoms with Crippen LogP contribution in [0.5, 0.6) is 0 Å². The Hall–Kier alpha value is -5.26. The molecule has 0 fully saturated rings. The van der Waals surface area contributed by atoms with Gasteiger partial charge in [-0.1, -0.05) is 84.9 Å². The lowest BCUT2D eigenvalue weighted by Gasteiger charge is -2.25. The molecule has 1 atom stereocenters. The summed E-state index contributed by atoms with van der Waals surface area (Å²) in [6, 6.07) is 29.7. The maximum atomic E-state index is 14.2. The van der Waals surface area contributed by atoms with Gasteiger partial charge in [-0.2, -0.15) is 5.26 Å². The van der Waals surface area contributed by atoms with Crippen molar-refractivity contribution in [3.8, 4) is 6.07 Å². The van der Waals surface area contributed by atoms with E-state index in [1.165, 1.54) is 22.3 Å². The van der Waals surface area contributed by atoms with Crippen LogP contribution in [0.2, 0.25) is 0 Å². The van der Waals surface area contributed by atoms with Crippen LogP contribution in [0.15, 0.2) is 100 Å². The minimum absolute atomic E-state index is 0.121. The number of benzene rings is 4. The summed E-state index contributed by atoms with van der Waals surface area (Å²) in [7, 11) is 0. The maximum Gasteiger partial charge on any atom is 0.338 e. The van der Waals surface area contributed by atoms with Gasteiger partial charge in [-0.15, -0.1) is 11.3 Å². The van der Waals surface area contributed by atoms with Crippen LogP contribution in [-0.4, -0.2) is 30.2 Å². The molecule has 2 heterocycles. The number of allylic oxidation sites excluding steroid dienone is 1. The van der Waals surface area contributed by atoms with Crippen LogP contribution in [0.25, 0.3) is 39.0 Å². The van der Waals surface area contributed by atoms with E-state index in [9.17, 15) is 14.9 Å². The van der Waals surface area contributed by atoms with Crippen molar-refractivity contribution in [3.63, 3.8) is 0 Å². The first kappa shape index (κ1) is 27.9. The molecule has 43 heavy (non-hydrogen) atoms. The van der Waals surface area contributed by atoms with E-state index < -0.39 is 11.9 Å². The third kappa shape index (κ3) is 4.94. The minimum Gasteiger partial charge on any atom is -0.483 e. The molecule has 0 saturated carbocycles. The van der Waals surface area contributed by atoms with Crippen molar-refractivity contribution in [1.29, 1.82) is 5.26 Å². The maximum absolute atomic E-state index is 14.2. The molecule has 0 amide bonds. The fourth-order valence-electron chi connectivity index (χ4n) is 5.52. The molecular weight excluding hydrogens is 558 g/mol. The molecular formula is C35H27N3O4S. The number of rotatable bonds is 7. The molecule has 1 aliphatic rings. The summed E-state index contributed by atoms with van der Waals surface area (Å²) in [6.45, 7) is 4.04. The molecule has 212 valence electrons. The summed E-state index contributed by atoms with van der Waals surface area (Å²) in [5.41, 5.74) is 1.60. The molecule has 1 unspecified atom stereocenters. The molecule has 0 aliphatic carbocycles. The third-order valence-electron chi connectivity index (χ3n) is 7.36. The van der Waals surface area contributed by atoms with Crippen LogP contribution in [0.4, 0.5) is 0 Å². The number of nitrogens with zero attached hydrogens (tertiary/aromatic N) is 3. The number of aromatic nitrogens is 1. The predicted octanol–water partition coefficient (Wildman–Crippen LogP) is 5.31. The van der Waals surface area contributed by atoms with E-state index in [1.54, 1.807) is 6.92 Å². The van der Waals surface area contributed by atoms with E-state index in [0.29, 0.717) is 15.8 Å². The van der Waals surface area contributed by atoms with Crippen molar-refractivity contribution >= 4 is 62.7 Å². The Morgan fingerprint density at radius 1 is 0.953 bits per heavy atom. The zero-order valence-electron chi connectivity index (χ0n) is 23.6. The highest BCUT2D eigenvalue weighted by molar-refractivity contribution is 7.07. The van der Waals surface area contributed by atoms with E-state index in [0.717, 1.165) is 32.7 Å². The first-order chi connectivity index (χ1) is 21.1. The first-order valence-electron chi connectivity index (χ1n) is 14.0. The first-order valence-corrected chi connectivity index (χ1v) is 14.8. The number of thiazole rings is 1. The molecule has 0 saturated heterocycles. The van der Waals surface area contributed by atoms with E-state index in [4.69, 9.17) is 9.47 Å². The van der Waals surface area contributed by atoms with Gasteiger partial charge in [-0.05, 0) is 52.6 Å². The Balaban J connectivity index is 1.75. The van der Waals surface area contributed by atoms with Crippen molar-refractivity contribution in [2.45, 2.75) is 19.8 Å². The summed E-state index contributed by atoms with van der Waals surface area (Å²) in [4.78, 5) is 32.4. The number of hydrogen-bond acceptors (Lipinski definition) is 7. The number of hydrogen-bond donors (Lipinski definition) is 0. The van der Waals surface area contributed by atoms with Crippen molar-refractivity contribution in [1.82, 2.24) is 4.57 Å². The number of carbonyl (C=O) groups excluding carboxylic acids is 1. The summed E-state index contributed by atoms with van der Waals surface area (Å²) < 4.78 is 13.1. The van der Waals surface area contributed by atoms with Gasteiger partial charge in [0.05, 0.1) is 40.9 Å². The standard InChI is InChI=1S/C35H27N3O4S/c1-3-41-21-37-32-28(20-36)30(27-18-10-14-23-12-6-8-17-26(23)27)31(35(40)42-4-2)34-38(32)33(39)29(43-34)19-24-15-9-13-22-11-5-7-16-25(22)24/h5-19,21,30H,3-4H2,1-2H3/b29-19+,37-21-. The van der Waals surface area contributed by atoms with Gasteiger partial charge in [-0.3, -0.25) is 4.79 Å². The van der Waals surface area contributed by atoms with Crippen LogP contribution >= 0.6 is 11.3 Å². The van der Waals surface area contributed by atoms with E-state index in [-0.39, 0.29) is 29.1 Å². The average molecular weight is 586 g/mol. The minimum atomic E-state index is -0.826. The molecule has 7 nitrogen and oxygen atoms in total. The number of aliphatic imine (C=N–C) groups is 1. The van der Waals surface area contributed by atoms with Gasteiger partial charge in [0.15, 0.2) is 12.2 Å². The van der Waals surface area contributed by atoms with Crippen LogP contribution in [-0.2, 0) is 14.3 Å². The monoisotopic (exact) mass is 585 g/mol. The summed E-state index contributed by atoms with van der Waals surface area (Å²) in [5, 5.41) is 14.5. The second kappa shape index (κ2) is 11.9. The SMILES string of the molecule is CCO/C=N\C1=C(C#N)C(c2cccc3ccccc23)C(C(=O)OCC)=c2s/c(=C/c3cccc4ccccc34)c(=O)n21. The highest BCUT2D eigenvalue weighted by Gasteiger charge is 2.38. The molecule has 8 heteroatoms. The van der Waals surface area contributed by atoms with E-state index in [1.807, 2.05) is 97.9 Å². The summed E-state index contributed by atoms with van der Waals surface area (Å²) >= 11 is 1.19. The fourth-order valence-corrected chi connectivity index (χ4v) is 6.67. The van der Waals surface area contributed by atoms with E-state index >= 15 is 0 Å². The van der Waals surface area contributed by atoms with Crippen LogP contribution in [0.3, 0.4) is 0 Å². The van der Waals surface area contributed by atoms with E-state index in [2.05, 4.69) is 11.1 Å². The normalized spacial score (nSPS) is 15.2. The molecule has 0 spiro atoms. The second-order valence-corrected chi connectivity index (χ2v) is 10.8. The molecule has 0 radical (unpaired) electrons. The largest absolute Gasteiger partial charge is 0.483 e. The summed E-state index contributed by atoms with van der Waals surface area (Å²) in [6.07, 6.45) is 3.07. The second-order valence-electron chi connectivity index (χ2n) is 9.80. The number of nitriles is 1. The number of esters is 1.